The minimum absolute atomic E-state index is 0.0370. The molecule has 0 fully saturated rings. The lowest BCUT2D eigenvalue weighted by Gasteiger charge is -2.26. The van der Waals surface area contributed by atoms with Gasteiger partial charge >= 0.3 is 5.97 Å². The maximum atomic E-state index is 13.1. The number of carbonyl (C=O) groups is 3. The lowest BCUT2D eigenvalue weighted by Crippen LogP contribution is -2.49. The molecule has 4 rings (SSSR count). The largest absolute Gasteiger partial charge is 0.508 e. The number of rotatable bonds is 8. The van der Waals surface area contributed by atoms with E-state index in [1.54, 1.807) is 37.4 Å². The average molecular weight is 554 g/mol. The first-order chi connectivity index (χ1) is 18.8. The summed E-state index contributed by atoms with van der Waals surface area (Å²) in [5.41, 5.74) is 3.20. The number of methoxy groups -OCH3 is 1. The number of carbonyl (C=O) groups excluding carboxylic acids is 3. The molecular formula is C28H35N5O5S. The van der Waals surface area contributed by atoms with Gasteiger partial charge in [-0.2, -0.15) is 0 Å². The molecule has 0 radical (unpaired) electrons. The van der Waals surface area contributed by atoms with Crippen LogP contribution in [0.25, 0.3) is 0 Å². The lowest BCUT2D eigenvalue weighted by atomic mass is 9.88. The summed E-state index contributed by atoms with van der Waals surface area (Å²) in [6.45, 7) is 7.26. The van der Waals surface area contributed by atoms with Crippen molar-refractivity contribution in [2.24, 2.45) is 0 Å². The van der Waals surface area contributed by atoms with Crippen molar-refractivity contribution in [3.63, 3.8) is 0 Å². The molecule has 0 bridgehead atoms. The number of nitrogens with one attached hydrogen (secondary N) is 3. The number of hydrogen-bond acceptors (Lipinski definition) is 9. The van der Waals surface area contributed by atoms with Gasteiger partial charge in [-0.3, -0.25) is 9.59 Å². The number of fused-ring (bicyclic) bond motifs is 1. The van der Waals surface area contributed by atoms with Crippen LogP contribution in [0.15, 0.2) is 35.7 Å². The Balaban J connectivity index is 0.00000205. The van der Waals surface area contributed by atoms with Crippen molar-refractivity contribution >= 4 is 35.1 Å². The third kappa shape index (κ3) is 7.32. The summed E-state index contributed by atoms with van der Waals surface area (Å²) in [4.78, 5) is 47.1. The molecule has 0 aliphatic heterocycles. The summed E-state index contributed by atoms with van der Waals surface area (Å²) >= 11 is 1.27. The van der Waals surface area contributed by atoms with E-state index in [2.05, 4.69) is 25.9 Å². The monoisotopic (exact) mass is 553 g/mol. The average Bonchev–Trinajstić information content (AvgIpc) is 3.47. The zero-order valence-corrected chi connectivity index (χ0v) is 23.6. The van der Waals surface area contributed by atoms with E-state index >= 15 is 0 Å². The van der Waals surface area contributed by atoms with Gasteiger partial charge in [-0.1, -0.05) is 32.0 Å². The fourth-order valence-corrected chi connectivity index (χ4v) is 5.08. The van der Waals surface area contributed by atoms with Gasteiger partial charge in [0, 0.05) is 12.6 Å². The van der Waals surface area contributed by atoms with Crippen LogP contribution in [0.3, 0.4) is 0 Å². The lowest BCUT2D eigenvalue weighted by molar-refractivity contribution is -0.142. The molecule has 1 aliphatic rings. The quantitative estimate of drug-likeness (QED) is 0.310. The molecule has 2 amide bonds. The Kier molecular flexibility index (Phi) is 10.4. The molecule has 0 saturated heterocycles. The summed E-state index contributed by atoms with van der Waals surface area (Å²) < 4.78 is 4.81. The van der Waals surface area contributed by atoms with E-state index in [0.717, 1.165) is 24.0 Å². The van der Waals surface area contributed by atoms with Crippen molar-refractivity contribution in [2.45, 2.75) is 59.0 Å². The molecule has 39 heavy (non-hydrogen) atoms. The Morgan fingerprint density at radius 1 is 1.10 bits per heavy atom. The standard InChI is InChI=1S/C26H29N5O5S.C2H6/c1-14-22(24(34)31-19(25(35)36-3)13-27-23(33)21-8-5-11-37-21)15(2)29-26(28-14)30-17-10-9-16-6-4-7-20(32)18(16)12-17;1-2/h4-8,11,17,19,32H,9-10,12-13H2,1-3H3,(H,27,33)(H,31,34)(H,28,29,30);1-2H3. The number of anilines is 1. The molecule has 2 atom stereocenters. The van der Waals surface area contributed by atoms with E-state index in [9.17, 15) is 19.5 Å². The molecule has 11 heteroatoms. The zero-order valence-electron chi connectivity index (χ0n) is 22.8. The van der Waals surface area contributed by atoms with E-state index in [0.29, 0.717) is 28.6 Å². The van der Waals surface area contributed by atoms with Crippen molar-refractivity contribution in [3.05, 3.63) is 68.7 Å². The first-order valence-corrected chi connectivity index (χ1v) is 13.8. The van der Waals surface area contributed by atoms with Gasteiger partial charge < -0.3 is 25.8 Å². The van der Waals surface area contributed by atoms with Gasteiger partial charge in [0.25, 0.3) is 11.8 Å². The molecule has 1 aromatic carbocycles. The van der Waals surface area contributed by atoms with Gasteiger partial charge in [-0.25, -0.2) is 14.8 Å². The minimum atomic E-state index is -1.09. The van der Waals surface area contributed by atoms with Crippen LogP contribution < -0.4 is 16.0 Å². The number of aryl methyl sites for hydroxylation is 3. The van der Waals surface area contributed by atoms with E-state index < -0.39 is 17.9 Å². The second-order valence-electron chi connectivity index (χ2n) is 8.83. The van der Waals surface area contributed by atoms with Gasteiger partial charge in [0.2, 0.25) is 5.95 Å². The van der Waals surface area contributed by atoms with Crippen molar-refractivity contribution in [1.82, 2.24) is 20.6 Å². The predicted molar refractivity (Wildman–Crippen MR) is 150 cm³/mol. The maximum Gasteiger partial charge on any atom is 0.330 e. The molecule has 2 aromatic heterocycles. The summed E-state index contributed by atoms with van der Waals surface area (Å²) in [6, 6.07) is 7.93. The van der Waals surface area contributed by atoms with Crippen molar-refractivity contribution < 1.29 is 24.2 Å². The summed E-state index contributed by atoms with van der Waals surface area (Å²) in [6.07, 6.45) is 2.33. The van der Waals surface area contributed by atoms with E-state index in [1.165, 1.54) is 18.4 Å². The highest BCUT2D eigenvalue weighted by atomic mass is 32.1. The van der Waals surface area contributed by atoms with Crippen LogP contribution in [-0.2, 0) is 22.4 Å². The topological polar surface area (TPSA) is 143 Å². The number of benzene rings is 1. The van der Waals surface area contributed by atoms with Crippen LogP contribution in [0.2, 0.25) is 0 Å². The number of aromatic hydroxyl groups is 1. The van der Waals surface area contributed by atoms with Gasteiger partial charge in [0.15, 0.2) is 0 Å². The van der Waals surface area contributed by atoms with Crippen LogP contribution in [0, 0.1) is 13.8 Å². The number of ether oxygens (including phenoxy) is 1. The number of thiophene rings is 1. The van der Waals surface area contributed by atoms with Crippen LogP contribution in [0.4, 0.5) is 5.95 Å². The van der Waals surface area contributed by atoms with Gasteiger partial charge in [-0.15, -0.1) is 11.3 Å². The van der Waals surface area contributed by atoms with Gasteiger partial charge in [0.1, 0.15) is 11.8 Å². The third-order valence-corrected chi connectivity index (χ3v) is 7.16. The molecule has 1 aliphatic carbocycles. The summed E-state index contributed by atoms with van der Waals surface area (Å²) in [5, 5.41) is 20.6. The predicted octanol–water partition coefficient (Wildman–Crippen LogP) is 3.56. The number of aromatic nitrogens is 2. The molecule has 3 aromatic rings. The van der Waals surface area contributed by atoms with E-state index in [-0.39, 0.29) is 29.8 Å². The molecule has 10 nitrogen and oxygen atoms in total. The van der Waals surface area contributed by atoms with E-state index in [4.69, 9.17) is 4.74 Å². The Morgan fingerprint density at radius 3 is 2.46 bits per heavy atom. The molecule has 0 spiro atoms. The zero-order chi connectivity index (χ0) is 28.5. The van der Waals surface area contributed by atoms with Crippen LogP contribution >= 0.6 is 11.3 Å². The normalized spacial score (nSPS) is 14.6. The first kappa shape index (κ1) is 29.6. The molecule has 208 valence electrons. The Morgan fingerprint density at radius 2 is 1.82 bits per heavy atom. The molecule has 0 saturated carbocycles. The highest BCUT2D eigenvalue weighted by molar-refractivity contribution is 7.12. The van der Waals surface area contributed by atoms with Crippen LogP contribution in [0.5, 0.6) is 5.75 Å². The van der Waals surface area contributed by atoms with Crippen molar-refractivity contribution in [3.8, 4) is 5.75 Å². The van der Waals surface area contributed by atoms with Gasteiger partial charge in [-0.05, 0) is 61.7 Å². The molecular weight excluding hydrogens is 518 g/mol. The Labute approximate surface area is 232 Å². The smallest absolute Gasteiger partial charge is 0.330 e. The summed E-state index contributed by atoms with van der Waals surface area (Å²) in [5.74, 6) is -0.892. The third-order valence-electron chi connectivity index (χ3n) is 6.29. The van der Waals surface area contributed by atoms with Crippen molar-refractivity contribution in [1.29, 1.82) is 0 Å². The minimum Gasteiger partial charge on any atom is -0.508 e. The number of phenols is 1. The fourth-order valence-electron chi connectivity index (χ4n) is 4.44. The number of nitrogens with zero attached hydrogens (tertiary/aromatic N) is 2. The number of amides is 2. The van der Waals surface area contributed by atoms with Crippen LogP contribution in [-0.4, -0.2) is 58.6 Å². The Bertz CT molecular complexity index is 1290. The second-order valence-corrected chi connectivity index (χ2v) is 9.78. The van der Waals surface area contributed by atoms with Crippen LogP contribution in [0.1, 0.15) is 62.8 Å². The summed E-state index contributed by atoms with van der Waals surface area (Å²) in [7, 11) is 1.21. The number of esters is 1. The van der Waals surface area contributed by atoms with Crippen molar-refractivity contribution in [2.75, 3.05) is 19.0 Å². The molecule has 2 unspecified atom stereocenters. The maximum absolute atomic E-state index is 13.1. The van der Waals surface area contributed by atoms with Gasteiger partial charge in [0.05, 0.1) is 28.9 Å². The second kappa shape index (κ2) is 13.7. The number of phenolic OH excluding ortho intramolecular Hbond substituents is 1. The highest BCUT2D eigenvalue weighted by Gasteiger charge is 2.27. The SMILES string of the molecule is CC.COC(=O)C(CNC(=O)c1cccs1)NC(=O)c1c(C)nc(NC2CCc3cccc(O)c3C2)nc1C. The fraction of sp³-hybridized carbons (Fsp3) is 0.393. The van der Waals surface area contributed by atoms with E-state index in [1.807, 2.05) is 26.0 Å². The Hall–Kier alpha value is -3.99. The molecule has 2 heterocycles. The number of hydrogen-bond donors (Lipinski definition) is 4. The highest BCUT2D eigenvalue weighted by Crippen LogP contribution is 2.29. The first-order valence-electron chi connectivity index (χ1n) is 12.9. The molecule has 4 N–H and O–H groups in total.